The van der Waals surface area contributed by atoms with Crippen LogP contribution in [0.1, 0.15) is 15.9 Å². The summed E-state index contributed by atoms with van der Waals surface area (Å²) < 4.78 is 51.3. The Morgan fingerprint density at radius 2 is 1.76 bits per heavy atom. The van der Waals surface area contributed by atoms with Crippen LogP contribution >= 0.6 is 22.9 Å². The first-order chi connectivity index (χ1) is 16.3. The van der Waals surface area contributed by atoms with Crippen molar-refractivity contribution in [1.82, 2.24) is 4.98 Å². The molecule has 3 aromatic carbocycles. The van der Waals surface area contributed by atoms with Gasteiger partial charge in [-0.05, 0) is 24.3 Å². The van der Waals surface area contributed by atoms with Gasteiger partial charge in [0.25, 0.3) is 5.91 Å². The van der Waals surface area contributed by atoms with Gasteiger partial charge in [-0.3, -0.25) is 10.1 Å². The molecular weight excluding hydrogens is 493 g/mol. The molecule has 0 aliphatic heterocycles. The molecule has 11 heteroatoms. The van der Waals surface area contributed by atoms with E-state index in [0.717, 1.165) is 23.0 Å². The van der Waals surface area contributed by atoms with Crippen LogP contribution in [0.5, 0.6) is 5.75 Å². The van der Waals surface area contributed by atoms with E-state index in [1.54, 1.807) is 42.5 Å². The zero-order valence-corrected chi connectivity index (χ0v) is 18.7. The molecule has 0 radical (unpaired) electrons. The van der Waals surface area contributed by atoms with Gasteiger partial charge in [0, 0.05) is 10.6 Å². The SMILES string of the molecule is O=C(COC(=O)c1ccccc1OCc1ccccc1Cl)Nc1nc2c(F)c(F)c(F)cc2s1. The highest BCUT2D eigenvalue weighted by atomic mass is 35.5. The second kappa shape index (κ2) is 10.1. The summed E-state index contributed by atoms with van der Waals surface area (Å²) in [6.45, 7) is -0.571. The molecule has 0 unspecified atom stereocenters. The lowest BCUT2D eigenvalue weighted by molar-refractivity contribution is -0.119. The third kappa shape index (κ3) is 5.13. The van der Waals surface area contributed by atoms with Crippen molar-refractivity contribution in [3.8, 4) is 5.75 Å². The van der Waals surface area contributed by atoms with Crippen LogP contribution in [-0.2, 0) is 16.1 Å². The number of anilines is 1. The van der Waals surface area contributed by atoms with Gasteiger partial charge in [-0.15, -0.1) is 0 Å². The predicted octanol–water partition coefficient (Wildman–Crippen LogP) is 5.74. The van der Waals surface area contributed by atoms with Crippen molar-refractivity contribution in [3.63, 3.8) is 0 Å². The number of hydrogen-bond acceptors (Lipinski definition) is 6. The van der Waals surface area contributed by atoms with Crippen molar-refractivity contribution < 1.29 is 32.2 Å². The van der Waals surface area contributed by atoms with Crippen LogP contribution in [0, 0.1) is 17.5 Å². The number of hydrogen-bond donors (Lipinski definition) is 1. The number of nitrogens with zero attached hydrogens (tertiary/aromatic N) is 1. The van der Waals surface area contributed by atoms with E-state index in [1.165, 1.54) is 6.07 Å². The van der Waals surface area contributed by atoms with Gasteiger partial charge in [-0.2, -0.15) is 0 Å². The third-order valence-electron chi connectivity index (χ3n) is 4.55. The molecule has 174 valence electrons. The molecule has 6 nitrogen and oxygen atoms in total. The van der Waals surface area contributed by atoms with Gasteiger partial charge in [-0.25, -0.2) is 22.9 Å². The number of ether oxygens (including phenoxy) is 2. The average Bonchev–Trinajstić information content (AvgIpc) is 3.23. The van der Waals surface area contributed by atoms with Gasteiger partial charge in [0.15, 0.2) is 29.2 Å². The molecule has 0 aliphatic carbocycles. The molecule has 0 saturated heterocycles. The highest BCUT2D eigenvalue weighted by Gasteiger charge is 2.20. The van der Waals surface area contributed by atoms with E-state index in [1.807, 2.05) is 0 Å². The smallest absolute Gasteiger partial charge is 0.342 e. The number of benzene rings is 3. The van der Waals surface area contributed by atoms with E-state index in [9.17, 15) is 22.8 Å². The standard InChI is InChI=1S/C23H14ClF3N2O4S/c24-14-7-3-1-5-12(14)10-32-16-8-4-2-6-13(16)22(31)33-11-18(30)28-23-29-21-17(34-23)9-15(25)19(26)20(21)27/h1-9H,10-11H2,(H,28,29,30). The lowest BCUT2D eigenvalue weighted by atomic mass is 10.2. The van der Waals surface area contributed by atoms with Crippen LogP contribution in [0.3, 0.4) is 0 Å². The first kappa shape index (κ1) is 23.5. The molecule has 1 N–H and O–H groups in total. The number of aromatic nitrogens is 1. The molecule has 34 heavy (non-hydrogen) atoms. The summed E-state index contributed by atoms with van der Waals surface area (Å²) in [6.07, 6.45) is 0. The van der Waals surface area contributed by atoms with Crippen molar-refractivity contribution in [3.05, 3.63) is 88.2 Å². The summed E-state index contributed by atoms with van der Waals surface area (Å²) >= 11 is 6.86. The molecular formula is C23H14ClF3N2O4S. The summed E-state index contributed by atoms with van der Waals surface area (Å²) in [7, 11) is 0. The van der Waals surface area contributed by atoms with E-state index >= 15 is 0 Å². The Bertz CT molecular complexity index is 1400. The van der Waals surface area contributed by atoms with Crippen molar-refractivity contribution in [2.24, 2.45) is 0 Å². The Morgan fingerprint density at radius 3 is 2.56 bits per heavy atom. The maximum absolute atomic E-state index is 13.8. The average molecular weight is 507 g/mol. The zero-order valence-electron chi connectivity index (χ0n) is 17.1. The highest BCUT2D eigenvalue weighted by molar-refractivity contribution is 7.22. The molecule has 1 heterocycles. The number of nitrogens with one attached hydrogen (secondary N) is 1. The van der Waals surface area contributed by atoms with Gasteiger partial charge >= 0.3 is 5.97 Å². The minimum atomic E-state index is -1.65. The normalized spacial score (nSPS) is 10.8. The minimum Gasteiger partial charge on any atom is -0.488 e. The van der Waals surface area contributed by atoms with E-state index in [2.05, 4.69) is 10.3 Å². The number of halogens is 4. The van der Waals surface area contributed by atoms with E-state index in [0.29, 0.717) is 5.02 Å². The maximum atomic E-state index is 13.8. The van der Waals surface area contributed by atoms with Gasteiger partial charge in [0.1, 0.15) is 23.4 Å². The number of carbonyl (C=O) groups excluding carboxylic acids is 2. The Hall–Kier alpha value is -3.63. The zero-order chi connectivity index (χ0) is 24.2. The number of para-hydroxylation sites is 1. The predicted molar refractivity (Wildman–Crippen MR) is 121 cm³/mol. The van der Waals surface area contributed by atoms with Crippen LogP contribution in [0.15, 0.2) is 54.6 Å². The fraction of sp³-hybridized carbons (Fsp3) is 0.0870. The number of carbonyl (C=O) groups is 2. The van der Waals surface area contributed by atoms with Crippen LogP contribution in [0.25, 0.3) is 10.2 Å². The summed E-state index contributed by atoms with van der Waals surface area (Å²) in [5.74, 6) is -5.83. The maximum Gasteiger partial charge on any atom is 0.342 e. The molecule has 4 aromatic rings. The molecule has 0 saturated carbocycles. The topological polar surface area (TPSA) is 77.5 Å². The van der Waals surface area contributed by atoms with E-state index < -0.39 is 41.5 Å². The fourth-order valence-corrected chi connectivity index (χ4v) is 4.02. The molecule has 1 amide bonds. The van der Waals surface area contributed by atoms with Crippen molar-refractivity contribution in [1.29, 1.82) is 0 Å². The summed E-state index contributed by atoms with van der Waals surface area (Å²) in [5, 5.41) is 2.71. The Morgan fingerprint density at radius 1 is 1.03 bits per heavy atom. The highest BCUT2D eigenvalue weighted by Crippen LogP contribution is 2.30. The Labute approximate surface area is 199 Å². The molecule has 0 bridgehead atoms. The molecule has 0 spiro atoms. The number of fused-ring (bicyclic) bond motifs is 1. The largest absolute Gasteiger partial charge is 0.488 e. The number of rotatable bonds is 7. The fourth-order valence-electron chi connectivity index (χ4n) is 2.92. The Kier molecular flexibility index (Phi) is 6.99. The second-order valence-electron chi connectivity index (χ2n) is 6.85. The van der Waals surface area contributed by atoms with Gasteiger partial charge in [0.2, 0.25) is 0 Å². The molecule has 1 aromatic heterocycles. The molecule has 0 fully saturated rings. The van der Waals surface area contributed by atoms with Gasteiger partial charge in [0.05, 0.1) is 4.70 Å². The molecule has 4 rings (SSSR count). The quantitative estimate of drug-likeness (QED) is 0.255. The first-order valence-corrected chi connectivity index (χ1v) is 10.9. The van der Waals surface area contributed by atoms with Gasteiger partial charge < -0.3 is 9.47 Å². The summed E-state index contributed by atoms with van der Waals surface area (Å²) in [6, 6.07) is 14.2. The summed E-state index contributed by atoms with van der Waals surface area (Å²) in [5.41, 5.74) is 0.398. The van der Waals surface area contributed by atoms with Crippen molar-refractivity contribution in [2.75, 3.05) is 11.9 Å². The van der Waals surface area contributed by atoms with Crippen molar-refractivity contribution in [2.45, 2.75) is 6.61 Å². The first-order valence-electron chi connectivity index (χ1n) is 9.69. The summed E-state index contributed by atoms with van der Waals surface area (Å²) in [4.78, 5) is 28.4. The van der Waals surface area contributed by atoms with Gasteiger partial charge in [-0.1, -0.05) is 53.3 Å². The monoisotopic (exact) mass is 506 g/mol. The Balaban J connectivity index is 1.38. The number of amides is 1. The van der Waals surface area contributed by atoms with Crippen LogP contribution in [0.4, 0.5) is 18.3 Å². The van der Waals surface area contributed by atoms with Crippen LogP contribution < -0.4 is 10.1 Å². The number of thiazole rings is 1. The molecule has 0 atom stereocenters. The third-order valence-corrected chi connectivity index (χ3v) is 5.84. The minimum absolute atomic E-state index is 0.00768. The number of esters is 1. The molecule has 0 aliphatic rings. The lowest BCUT2D eigenvalue weighted by Gasteiger charge is -2.12. The van der Waals surface area contributed by atoms with E-state index in [-0.39, 0.29) is 27.8 Å². The lowest BCUT2D eigenvalue weighted by Crippen LogP contribution is -2.21. The second-order valence-corrected chi connectivity index (χ2v) is 8.29. The van der Waals surface area contributed by atoms with Crippen LogP contribution in [-0.4, -0.2) is 23.5 Å². The van der Waals surface area contributed by atoms with Crippen molar-refractivity contribution >= 4 is 50.2 Å². The van der Waals surface area contributed by atoms with E-state index in [4.69, 9.17) is 21.1 Å². The van der Waals surface area contributed by atoms with Crippen LogP contribution in [0.2, 0.25) is 5.02 Å².